The van der Waals surface area contributed by atoms with Gasteiger partial charge in [-0.2, -0.15) is 0 Å². The summed E-state index contributed by atoms with van der Waals surface area (Å²) in [5, 5.41) is 0. The lowest BCUT2D eigenvalue weighted by Crippen LogP contribution is -3.00. The second-order valence-electron chi connectivity index (χ2n) is 8.56. The molecule has 3 rings (SSSR count). The molecule has 2 heterocycles. The number of hydrogen-bond donors (Lipinski definition) is 0. The Kier molecular flexibility index (Phi) is 6.74. The van der Waals surface area contributed by atoms with Crippen LogP contribution in [0.25, 0.3) is 5.52 Å². The molecule has 1 unspecified atom stereocenters. The Labute approximate surface area is 175 Å². The fourth-order valence-corrected chi connectivity index (χ4v) is 4.50. The highest BCUT2D eigenvalue weighted by Crippen LogP contribution is 2.32. The summed E-state index contributed by atoms with van der Waals surface area (Å²) in [5.74, 6) is 0.483. The first-order valence-electron chi connectivity index (χ1n) is 9.67. The van der Waals surface area contributed by atoms with Gasteiger partial charge in [0.25, 0.3) is 0 Å². The van der Waals surface area contributed by atoms with Gasteiger partial charge < -0.3 is 21.3 Å². The van der Waals surface area contributed by atoms with E-state index >= 15 is 0 Å². The first-order chi connectivity index (χ1) is 12.7. The smallest absolute Gasteiger partial charge is 0.176 e. The lowest BCUT2D eigenvalue weighted by molar-refractivity contribution is -0.904. The number of quaternary nitrogens is 1. The second-order valence-corrected chi connectivity index (χ2v) is 8.56. The summed E-state index contributed by atoms with van der Waals surface area (Å²) in [5.41, 5.74) is 7.05. The van der Waals surface area contributed by atoms with Crippen molar-refractivity contribution in [3.63, 3.8) is 0 Å². The fraction of sp³-hybridized carbons (Fsp3) is 0.375. The van der Waals surface area contributed by atoms with Crippen LogP contribution in [-0.4, -0.2) is 35.3 Å². The van der Waals surface area contributed by atoms with Gasteiger partial charge >= 0.3 is 0 Å². The predicted octanol–water partition coefficient (Wildman–Crippen LogP) is 2.14. The average Bonchev–Trinajstić information content (AvgIpc) is 2.88. The number of likely N-dealkylation sites (N-methyl/N-ethyl adjacent to an activating group) is 1. The topological polar surface area (TPSA) is 21.5 Å². The fourth-order valence-electron chi connectivity index (χ4n) is 4.50. The van der Waals surface area contributed by atoms with Gasteiger partial charge in [0.1, 0.15) is 6.54 Å². The van der Waals surface area contributed by atoms with Crippen LogP contribution in [0, 0.1) is 13.8 Å². The number of carbonyl (C=O) groups excluding carboxylic acids is 1. The minimum Gasteiger partial charge on any atom is -1.00 e. The molecule has 0 aliphatic rings. The SMILES string of the molecule is CC(=O)c1c(C)c(C(C)C[N+](C)(C)Cc2ccc(C)cc2)c2ccccn12.[Cl-]. The Morgan fingerprint density at radius 2 is 1.71 bits per heavy atom. The maximum absolute atomic E-state index is 12.2. The summed E-state index contributed by atoms with van der Waals surface area (Å²) in [6.07, 6.45) is 2.00. The van der Waals surface area contributed by atoms with E-state index in [0.717, 1.165) is 34.3 Å². The van der Waals surface area contributed by atoms with Crippen LogP contribution in [0.5, 0.6) is 0 Å². The van der Waals surface area contributed by atoms with Gasteiger partial charge in [0, 0.05) is 30.1 Å². The molecule has 150 valence electrons. The number of carbonyl (C=O) groups is 1. The van der Waals surface area contributed by atoms with Crippen LogP contribution in [0.3, 0.4) is 0 Å². The van der Waals surface area contributed by atoms with Crippen LogP contribution in [0.2, 0.25) is 0 Å². The van der Waals surface area contributed by atoms with E-state index < -0.39 is 0 Å². The van der Waals surface area contributed by atoms with Crippen LogP contribution >= 0.6 is 0 Å². The molecule has 1 aromatic carbocycles. The number of aryl methyl sites for hydroxylation is 1. The van der Waals surface area contributed by atoms with Gasteiger partial charge in [0.15, 0.2) is 5.78 Å². The number of nitrogens with zero attached hydrogens (tertiary/aromatic N) is 2. The van der Waals surface area contributed by atoms with Crippen molar-refractivity contribution >= 4 is 11.3 Å². The zero-order chi connectivity index (χ0) is 19.8. The number of rotatable bonds is 6. The van der Waals surface area contributed by atoms with Gasteiger partial charge in [-0.3, -0.25) is 4.79 Å². The van der Waals surface area contributed by atoms with E-state index in [-0.39, 0.29) is 18.2 Å². The lowest BCUT2D eigenvalue weighted by Gasteiger charge is -2.33. The number of aromatic nitrogens is 1. The van der Waals surface area contributed by atoms with E-state index in [1.165, 1.54) is 16.7 Å². The zero-order valence-electron chi connectivity index (χ0n) is 17.8. The van der Waals surface area contributed by atoms with Crippen LogP contribution in [-0.2, 0) is 6.54 Å². The van der Waals surface area contributed by atoms with Crippen molar-refractivity contribution in [2.24, 2.45) is 0 Å². The molecule has 0 aliphatic heterocycles. The van der Waals surface area contributed by atoms with Gasteiger partial charge in [-0.1, -0.05) is 42.8 Å². The van der Waals surface area contributed by atoms with Crippen molar-refractivity contribution in [1.82, 2.24) is 4.40 Å². The molecule has 0 fully saturated rings. The van der Waals surface area contributed by atoms with E-state index in [0.29, 0.717) is 5.92 Å². The van der Waals surface area contributed by atoms with Crippen molar-refractivity contribution in [3.8, 4) is 0 Å². The number of benzene rings is 1. The molecular formula is C24H31ClN2O. The molecule has 1 atom stereocenters. The highest BCUT2D eigenvalue weighted by atomic mass is 35.5. The number of fused-ring (bicyclic) bond motifs is 1. The third kappa shape index (κ3) is 4.48. The molecule has 4 heteroatoms. The molecule has 3 nitrogen and oxygen atoms in total. The highest BCUT2D eigenvalue weighted by Gasteiger charge is 2.27. The first kappa shape index (κ1) is 22.2. The van der Waals surface area contributed by atoms with Crippen molar-refractivity contribution in [1.29, 1.82) is 0 Å². The van der Waals surface area contributed by atoms with E-state index in [1.807, 2.05) is 12.3 Å². The Balaban J connectivity index is 0.00000280. The molecular weight excluding hydrogens is 368 g/mol. The summed E-state index contributed by atoms with van der Waals surface area (Å²) >= 11 is 0. The van der Waals surface area contributed by atoms with Crippen LogP contribution in [0.1, 0.15) is 52.5 Å². The van der Waals surface area contributed by atoms with E-state index in [4.69, 9.17) is 0 Å². The second kappa shape index (κ2) is 8.50. The third-order valence-electron chi connectivity index (χ3n) is 5.46. The summed E-state index contributed by atoms with van der Waals surface area (Å²) in [7, 11) is 4.58. The standard InChI is InChI=1S/C24H31N2O.ClH/c1-17-10-12-21(13-11-17)16-26(5,6)15-18(2)23-19(3)24(20(4)27)25-14-8-7-9-22(23)25;/h7-14,18H,15-16H2,1-6H3;1H/q+1;/p-1. The zero-order valence-corrected chi connectivity index (χ0v) is 18.5. The van der Waals surface area contributed by atoms with E-state index in [9.17, 15) is 4.79 Å². The van der Waals surface area contributed by atoms with E-state index in [2.05, 4.69) is 75.7 Å². The largest absolute Gasteiger partial charge is 1.00 e. The van der Waals surface area contributed by atoms with Crippen molar-refractivity contribution in [3.05, 3.63) is 76.6 Å². The number of hydrogen-bond acceptors (Lipinski definition) is 1. The minimum absolute atomic E-state index is 0. The molecule has 0 N–H and O–H groups in total. The lowest BCUT2D eigenvalue weighted by atomic mass is 9.95. The van der Waals surface area contributed by atoms with Crippen LogP contribution < -0.4 is 12.4 Å². The van der Waals surface area contributed by atoms with Gasteiger partial charge in [-0.15, -0.1) is 0 Å². The van der Waals surface area contributed by atoms with Crippen molar-refractivity contribution in [2.75, 3.05) is 20.6 Å². The molecule has 0 aliphatic carbocycles. The average molecular weight is 399 g/mol. The molecule has 0 spiro atoms. The Bertz CT molecular complexity index is 970. The molecule has 0 amide bonds. The monoisotopic (exact) mass is 398 g/mol. The highest BCUT2D eigenvalue weighted by molar-refractivity contribution is 5.96. The normalized spacial score (nSPS) is 12.6. The number of halogens is 1. The third-order valence-corrected chi connectivity index (χ3v) is 5.46. The maximum atomic E-state index is 12.2. The van der Waals surface area contributed by atoms with Gasteiger partial charge in [0.05, 0.1) is 26.3 Å². The predicted molar refractivity (Wildman–Crippen MR) is 112 cm³/mol. The van der Waals surface area contributed by atoms with Gasteiger partial charge in [-0.05, 0) is 37.1 Å². The Hall–Kier alpha value is -2.10. The van der Waals surface area contributed by atoms with Crippen LogP contribution in [0.15, 0.2) is 48.7 Å². The molecule has 0 saturated heterocycles. The molecule has 2 aromatic heterocycles. The molecule has 0 radical (unpaired) electrons. The Morgan fingerprint density at radius 1 is 1.07 bits per heavy atom. The number of pyridine rings is 1. The number of Topliss-reactive ketones (excluding diaryl/α,β-unsaturated/α-hetero) is 1. The van der Waals surface area contributed by atoms with Crippen LogP contribution in [0.4, 0.5) is 0 Å². The van der Waals surface area contributed by atoms with Crippen molar-refractivity contribution in [2.45, 2.75) is 40.2 Å². The summed E-state index contributed by atoms with van der Waals surface area (Å²) in [6, 6.07) is 15.0. The molecule has 28 heavy (non-hydrogen) atoms. The quantitative estimate of drug-likeness (QED) is 0.460. The maximum Gasteiger partial charge on any atom is 0.176 e. The molecule has 0 saturated carbocycles. The summed E-state index contributed by atoms with van der Waals surface area (Å²) < 4.78 is 2.96. The van der Waals surface area contributed by atoms with Gasteiger partial charge in [-0.25, -0.2) is 0 Å². The molecule has 3 aromatic rings. The van der Waals surface area contributed by atoms with E-state index in [1.54, 1.807) is 6.92 Å². The minimum atomic E-state index is 0. The van der Waals surface area contributed by atoms with Crippen molar-refractivity contribution < 1.29 is 21.7 Å². The summed E-state index contributed by atoms with van der Waals surface area (Å²) in [4.78, 5) is 12.2. The first-order valence-corrected chi connectivity index (χ1v) is 9.67. The summed E-state index contributed by atoms with van der Waals surface area (Å²) in [6.45, 7) is 10.2. The Morgan fingerprint density at radius 3 is 2.32 bits per heavy atom. The number of ketones is 1. The molecule has 0 bridgehead atoms. The van der Waals surface area contributed by atoms with Gasteiger partial charge in [0.2, 0.25) is 0 Å².